The van der Waals surface area contributed by atoms with Crippen molar-refractivity contribution in [3.8, 4) is 0 Å². The van der Waals surface area contributed by atoms with E-state index in [0.29, 0.717) is 13.1 Å². The molecule has 0 saturated heterocycles. The lowest BCUT2D eigenvalue weighted by Crippen LogP contribution is -2.29. The molecule has 0 heterocycles. The van der Waals surface area contributed by atoms with Crippen LogP contribution in [-0.4, -0.2) is 24.1 Å². The van der Waals surface area contributed by atoms with Crippen LogP contribution < -0.4 is 0 Å². The second-order valence-electron chi connectivity index (χ2n) is 1.72. The van der Waals surface area contributed by atoms with Crippen molar-refractivity contribution in [2.75, 3.05) is 13.1 Å². The van der Waals surface area contributed by atoms with Crippen molar-refractivity contribution in [3.63, 3.8) is 0 Å². The molecule has 0 bridgehead atoms. The molecule has 3 nitrogen and oxygen atoms in total. The molecule has 0 N–H and O–H groups in total. The molecule has 0 radical (unpaired) electrons. The fourth-order valence-electron chi connectivity index (χ4n) is 0.628. The van der Waals surface area contributed by atoms with E-state index in [2.05, 4.69) is 11.3 Å². The van der Waals surface area contributed by atoms with E-state index in [9.17, 15) is 4.79 Å². The van der Waals surface area contributed by atoms with E-state index in [1.807, 2.05) is 13.8 Å². The summed E-state index contributed by atoms with van der Waals surface area (Å²) in [6.07, 6.45) is 0.806. The highest BCUT2D eigenvalue weighted by Crippen LogP contribution is 1.92. The van der Waals surface area contributed by atoms with Crippen LogP contribution in [0.15, 0.2) is 12.8 Å². The van der Waals surface area contributed by atoms with Gasteiger partial charge in [-0.15, -0.1) is 0 Å². The molecule has 0 unspecified atom stereocenters. The summed E-state index contributed by atoms with van der Waals surface area (Å²) in [6, 6.07) is 0. The average molecular weight is 143 g/mol. The molecule has 0 saturated carbocycles. The quantitative estimate of drug-likeness (QED) is 0.562. The van der Waals surface area contributed by atoms with E-state index < -0.39 is 0 Å². The zero-order chi connectivity index (χ0) is 7.98. The number of amides is 1. The van der Waals surface area contributed by atoms with E-state index in [1.54, 1.807) is 4.90 Å². The Labute approximate surface area is 61.3 Å². The molecule has 0 aromatic heterocycles. The molecule has 1 amide bonds. The van der Waals surface area contributed by atoms with Gasteiger partial charge in [-0.3, -0.25) is 0 Å². The number of rotatable bonds is 3. The first-order valence-corrected chi connectivity index (χ1v) is 3.32. The Morgan fingerprint density at radius 3 is 2.40 bits per heavy atom. The van der Waals surface area contributed by atoms with Crippen LogP contribution >= 0.6 is 0 Å². The van der Waals surface area contributed by atoms with Gasteiger partial charge in [0.05, 0.1) is 6.26 Å². The SMILES string of the molecule is C=COC(=O)N(CC)CC. The topological polar surface area (TPSA) is 29.5 Å². The Hall–Kier alpha value is -0.990. The van der Waals surface area contributed by atoms with Crippen LogP contribution in [0.5, 0.6) is 0 Å². The Kier molecular flexibility index (Phi) is 4.37. The Balaban J connectivity index is 3.76. The Bertz CT molecular complexity index is 119. The molecule has 0 aliphatic heterocycles. The first kappa shape index (κ1) is 9.01. The third-order valence-electron chi connectivity index (χ3n) is 1.21. The van der Waals surface area contributed by atoms with E-state index >= 15 is 0 Å². The van der Waals surface area contributed by atoms with Crippen molar-refractivity contribution in [1.82, 2.24) is 4.90 Å². The molecule has 0 fully saturated rings. The van der Waals surface area contributed by atoms with Crippen LogP contribution in [0, 0.1) is 0 Å². The zero-order valence-electron chi connectivity index (χ0n) is 6.46. The standard InChI is InChI=1S/C7H13NO2/c1-4-8(5-2)7(9)10-6-3/h6H,3-5H2,1-2H3. The highest BCUT2D eigenvalue weighted by Gasteiger charge is 2.07. The Morgan fingerprint density at radius 1 is 1.60 bits per heavy atom. The largest absolute Gasteiger partial charge is 0.419 e. The molecular formula is C7H13NO2. The van der Waals surface area contributed by atoms with Crippen molar-refractivity contribution in [2.45, 2.75) is 13.8 Å². The summed E-state index contributed by atoms with van der Waals surface area (Å²) in [5.74, 6) is 0. The number of hydrogen-bond acceptors (Lipinski definition) is 2. The van der Waals surface area contributed by atoms with Gasteiger partial charge in [0.2, 0.25) is 0 Å². The van der Waals surface area contributed by atoms with Gasteiger partial charge in [-0.25, -0.2) is 4.79 Å². The lowest BCUT2D eigenvalue weighted by atomic mass is 10.6. The summed E-state index contributed by atoms with van der Waals surface area (Å²) in [5, 5.41) is 0. The number of hydrogen-bond donors (Lipinski definition) is 0. The highest BCUT2D eigenvalue weighted by atomic mass is 16.5. The first-order chi connectivity index (χ1) is 4.76. The molecule has 3 heteroatoms. The maximum Gasteiger partial charge on any atom is 0.414 e. The molecule has 0 atom stereocenters. The summed E-state index contributed by atoms with van der Waals surface area (Å²) in [7, 11) is 0. The van der Waals surface area contributed by atoms with E-state index in [1.165, 1.54) is 0 Å². The summed E-state index contributed by atoms with van der Waals surface area (Å²) in [4.78, 5) is 12.4. The predicted molar refractivity (Wildman–Crippen MR) is 39.6 cm³/mol. The molecule has 0 aromatic carbocycles. The lowest BCUT2D eigenvalue weighted by Gasteiger charge is -2.15. The van der Waals surface area contributed by atoms with Crippen LogP contribution in [0.2, 0.25) is 0 Å². The van der Waals surface area contributed by atoms with Gasteiger partial charge in [0.15, 0.2) is 0 Å². The molecule has 58 valence electrons. The molecule has 0 aliphatic carbocycles. The van der Waals surface area contributed by atoms with Gasteiger partial charge in [0.25, 0.3) is 0 Å². The number of carbonyl (C=O) groups is 1. The number of nitrogens with zero attached hydrogens (tertiary/aromatic N) is 1. The predicted octanol–water partition coefficient (Wildman–Crippen LogP) is 1.61. The lowest BCUT2D eigenvalue weighted by molar-refractivity contribution is 0.142. The maximum absolute atomic E-state index is 10.8. The average Bonchev–Trinajstić information content (AvgIpc) is 1.91. The van der Waals surface area contributed by atoms with Crippen molar-refractivity contribution < 1.29 is 9.53 Å². The van der Waals surface area contributed by atoms with Gasteiger partial charge in [0, 0.05) is 13.1 Å². The van der Waals surface area contributed by atoms with E-state index in [4.69, 9.17) is 0 Å². The molecule has 0 spiro atoms. The van der Waals surface area contributed by atoms with Crippen molar-refractivity contribution in [2.24, 2.45) is 0 Å². The number of carbonyl (C=O) groups excluding carboxylic acids is 1. The van der Waals surface area contributed by atoms with Gasteiger partial charge in [0.1, 0.15) is 0 Å². The van der Waals surface area contributed by atoms with Crippen LogP contribution in [0.25, 0.3) is 0 Å². The highest BCUT2D eigenvalue weighted by molar-refractivity contribution is 5.67. The fourth-order valence-corrected chi connectivity index (χ4v) is 0.628. The summed E-state index contributed by atoms with van der Waals surface area (Å²) >= 11 is 0. The normalized spacial score (nSPS) is 8.60. The van der Waals surface area contributed by atoms with Crippen molar-refractivity contribution >= 4 is 6.09 Å². The fraction of sp³-hybridized carbons (Fsp3) is 0.571. The van der Waals surface area contributed by atoms with E-state index in [0.717, 1.165) is 6.26 Å². The molecule has 10 heavy (non-hydrogen) atoms. The minimum absolute atomic E-state index is 0.333. The van der Waals surface area contributed by atoms with Crippen molar-refractivity contribution in [1.29, 1.82) is 0 Å². The summed E-state index contributed by atoms with van der Waals surface area (Å²) < 4.78 is 4.54. The van der Waals surface area contributed by atoms with Gasteiger partial charge in [-0.2, -0.15) is 0 Å². The zero-order valence-corrected chi connectivity index (χ0v) is 6.46. The van der Waals surface area contributed by atoms with Gasteiger partial charge < -0.3 is 9.64 Å². The smallest absolute Gasteiger partial charge is 0.414 e. The third-order valence-corrected chi connectivity index (χ3v) is 1.21. The second-order valence-corrected chi connectivity index (χ2v) is 1.72. The molecular weight excluding hydrogens is 130 g/mol. The third kappa shape index (κ3) is 2.53. The number of ether oxygens (including phenoxy) is 1. The molecule has 0 aliphatic rings. The minimum Gasteiger partial charge on any atom is -0.419 e. The van der Waals surface area contributed by atoms with Gasteiger partial charge >= 0.3 is 6.09 Å². The van der Waals surface area contributed by atoms with Gasteiger partial charge in [-0.1, -0.05) is 6.58 Å². The molecule has 0 aromatic rings. The second kappa shape index (κ2) is 4.85. The maximum atomic E-state index is 10.8. The van der Waals surface area contributed by atoms with Crippen LogP contribution in [0.3, 0.4) is 0 Å². The first-order valence-electron chi connectivity index (χ1n) is 3.32. The summed E-state index contributed by atoms with van der Waals surface area (Å²) in [5.41, 5.74) is 0. The van der Waals surface area contributed by atoms with E-state index in [-0.39, 0.29) is 6.09 Å². The van der Waals surface area contributed by atoms with Crippen molar-refractivity contribution in [3.05, 3.63) is 12.8 Å². The van der Waals surface area contributed by atoms with Crippen LogP contribution in [-0.2, 0) is 4.74 Å². The summed E-state index contributed by atoms with van der Waals surface area (Å²) in [6.45, 7) is 8.41. The monoisotopic (exact) mass is 143 g/mol. The van der Waals surface area contributed by atoms with Crippen LogP contribution in [0.4, 0.5) is 4.79 Å². The molecule has 0 rings (SSSR count). The Morgan fingerprint density at radius 2 is 2.10 bits per heavy atom. The minimum atomic E-state index is -0.333. The van der Waals surface area contributed by atoms with Gasteiger partial charge in [-0.05, 0) is 13.8 Å². The van der Waals surface area contributed by atoms with Crippen LogP contribution in [0.1, 0.15) is 13.8 Å².